The van der Waals surface area contributed by atoms with Gasteiger partial charge in [0.1, 0.15) is 0 Å². The molecule has 0 aromatic rings. The van der Waals surface area contributed by atoms with Crippen molar-refractivity contribution < 1.29 is 0 Å². The van der Waals surface area contributed by atoms with Crippen molar-refractivity contribution in [3.8, 4) is 0 Å². The summed E-state index contributed by atoms with van der Waals surface area (Å²) >= 11 is 0. The Morgan fingerprint density at radius 2 is 0.423 bits per heavy atom. The van der Waals surface area contributed by atoms with Crippen LogP contribution in [-0.2, 0) is 0 Å². The van der Waals surface area contributed by atoms with Gasteiger partial charge in [0.05, 0.1) is 0 Å². The highest BCUT2D eigenvalue weighted by atomic mass is 14.7. The van der Waals surface area contributed by atoms with Gasteiger partial charge in [-0.15, -0.1) is 0 Å². The third-order valence-electron chi connectivity index (χ3n) is 21.2. The van der Waals surface area contributed by atoms with Crippen LogP contribution in [0.4, 0.5) is 0 Å². The van der Waals surface area contributed by atoms with Crippen molar-refractivity contribution in [2.45, 2.75) is 218 Å². The van der Waals surface area contributed by atoms with Crippen LogP contribution in [0.2, 0.25) is 0 Å². The van der Waals surface area contributed by atoms with E-state index in [1.807, 2.05) is 0 Å². The van der Waals surface area contributed by atoms with Crippen LogP contribution < -0.4 is 0 Å². The lowest BCUT2D eigenvalue weighted by Gasteiger charge is -2.66. The summed E-state index contributed by atoms with van der Waals surface area (Å²) < 4.78 is 0. The van der Waals surface area contributed by atoms with Crippen molar-refractivity contribution in [3.05, 3.63) is 0 Å². The second kappa shape index (κ2) is 16.5. The van der Waals surface area contributed by atoms with Gasteiger partial charge in [-0.2, -0.15) is 0 Å². The molecule has 14 atom stereocenters. The zero-order valence-electron chi connectivity index (χ0n) is 34.4. The van der Waals surface area contributed by atoms with E-state index in [0.717, 1.165) is 107 Å². The SMILES string of the molecule is C1CCC(C2CCC3C(C2)C(C2CCCCC2)C2CCCCC2C3C2C3CCCCC3C(C3CCCCC3)C3CC(C4CCCCC4)CCC32)CC1. The molecule has 0 heterocycles. The molecule has 0 amide bonds. The highest BCUT2D eigenvalue weighted by molar-refractivity contribution is 5.11. The summed E-state index contributed by atoms with van der Waals surface area (Å²) in [6.45, 7) is 0. The van der Waals surface area contributed by atoms with E-state index in [1.165, 1.54) is 0 Å². The Morgan fingerprint density at radius 1 is 0.154 bits per heavy atom. The average molecular weight is 711 g/mol. The predicted molar refractivity (Wildman–Crippen MR) is 220 cm³/mol. The van der Waals surface area contributed by atoms with Crippen molar-refractivity contribution in [2.24, 2.45) is 107 Å². The first kappa shape index (κ1) is 36.3. The van der Waals surface area contributed by atoms with Gasteiger partial charge in [0.25, 0.3) is 0 Å². The molecule has 0 nitrogen and oxygen atoms in total. The third kappa shape index (κ3) is 6.89. The molecule has 10 aliphatic rings. The smallest absolute Gasteiger partial charge is 0.0318 e. The first-order valence-electron chi connectivity index (χ1n) is 25.8. The summed E-state index contributed by atoms with van der Waals surface area (Å²) in [4.78, 5) is 0. The third-order valence-corrected chi connectivity index (χ3v) is 21.2. The lowest BCUT2D eigenvalue weighted by atomic mass is 9.38. The maximum absolute atomic E-state index is 1.71. The van der Waals surface area contributed by atoms with Crippen molar-refractivity contribution in [1.29, 1.82) is 0 Å². The maximum atomic E-state index is 1.71. The van der Waals surface area contributed by atoms with Gasteiger partial charge in [-0.25, -0.2) is 0 Å². The van der Waals surface area contributed by atoms with Gasteiger partial charge in [0, 0.05) is 0 Å². The fourth-order valence-corrected chi connectivity index (χ4v) is 19.6. The van der Waals surface area contributed by atoms with Crippen molar-refractivity contribution in [3.63, 3.8) is 0 Å². The molecule has 0 heteroatoms. The van der Waals surface area contributed by atoms with E-state index in [-0.39, 0.29) is 0 Å². The lowest BCUT2D eigenvalue weighted by molar-refractivity contribution is -0.182. The molecule has 10 saturated carbocycles. The molecule has 0 aliphatic heterocycles. The van der Waals surface area contributed by atoms with Crippen LogP contribution >= 0.6 is 0 Å². The molecule has 10 fully saturated rings. The van der Waals surface area contributed by atoms with Gasteiger partial charge in [0.15, 0.2) is 0 Å². The highest BCUT2D eigenvalue weighted by Crippen LogP contribution is 2.69. The van der Waals surface area contributed by atoms with Gasteiger partial charge in [-0.3, -0.25) is 0 Å². The number of hydrogen-bond donors (Lipinski definition) is 0. The first-order chi connectivity index (χ1) is 25.8. The number of rotatable bonds is 5. The van der Waals surface area contributed by atoms with Gasteiger partial charge < -0.3 is 0 Å². The molecule has 0 radical (unpaired) electrons. The van der Waals surface area contributed by atoms with Gasteiger partial charge in [-0.05, 0) is 171 Å². The fraction of sp³-hybridized carbons (Fsp3) is 1.00. The first-order valence-corrected chi connectivity index (χ1v) is 25.8. The van der Waals surface area contributed by atoms with Gasteiger partial charge in [-0.1, -0.05) is 154 Å². The summed E-state index contributed by atoms with van der Waals surface area (Å²) in [5.41, 5.74) is 0. The van der Waals surface area contributed by atoms with E-state index < -0.39 is 0 Å². The molecule has 0 aromatic heterocycles. The largest absolute Gasteiger partial charge is 0.0533 e. The van der Waals surface area contributed by atoms with Crippen molar-refractivity contribution >= 4 is 0 Å². The molecule has 0 spiro atoms. The summed E-state index contributed by atoms with van der Waals surface area (Å²) in [6.07, 6.45) is 54.8. The van der Waals surface area contributed by atoms with E-state index >= 15 is 0 Å². The number of hydrogen-bond acceptors (Lipinski definition) is 0. The van der Waals surface area contributed by atoms with Crippen LogP contribution in [0.15, 0.2) is 0 Å². The molecule has 294 valence electrons. The molecular weight excluding hydrogens is 625 g/mol. The van der Waals surface area contributed by atoms with Crippen molar-refractivity contribution in [2.75, 3.05) is 0 Å². The maximum Gasteiger partial charge on any atom is -0.0318 e. The Labute approximate surface area is 323 Å². The predicted octanol–water partition coefficient (Wildman–Crippen LogP) is 15.5. The zero-order valence-corrected chi connectivity index (χ0v) is 34.4. The lowest BCUT2D eigenvalue weighted by Crippen LogP contribution is -2.60. The monoisotopic (exact) mass is 711 g/mol. The molecule has 14 unspecified atom stereocenters. The summed E-state index contributed by atoms with van der Waals surface area (Å²) in [7, 11) is 0. The van der Waals surface area contributed by atoms with Crippen LogP contribution in [0.5, 0.6) is 0 Å². The van der Waals surface area contributed by atoms with E-state index in [9.17, 15) is 0 Å². The Bertz CT molecular complexity index is 1020. The normalized spacial score (nSPS) is 48.9. The molecule has 10 aliphatic carbocycles. The molecular formula is C52H86. The minimum absolute atomic E-state index is 1.11. The standard InChI is InChI=1S/C52H86/c1-5-17-35(18-6-1)39-29-31-45-47(33-39)49(37-21-9-3-10-22-37)41-25-13-15-27-43(41)51(45)52-44-28-16-14-26-42(44)50(38-23-11-4-12-24-38)48-34-40(30-32-46(48)52)36-19-7-2-8-20-36/h35-52H,1-34H2. The van der Waals surface area contributed by atoms with Gasteiger partial charge in [0.2, 0.25) is 0 Å². The van der Waals surface area contributed by atoms with E-state index in [1.54, 1.807) is 218 Å². The van der Waals surface area contributed by atoms with Crippen LogP contribution in [-0.4, -0.2) is 0 Å². The van der Waals surface area contributed by atoms with E-state index in [4.69, 9.17) is 0 Å². The molecule has 0 saturated heterocycles. The molecule has 0 bridgehead atoms. The van der Waals surface area contributed by atoms with E-state index in [2.05, 4.69) is 0 Å². The van der Waals surface area contributed by atoms with Crippen LogP contribution in [0.25, 0.3) is 0 Å². The summed E-state index contributed by atoms with van der Waals surface area (Å²) in [5.74, 6) is 20.2. The Hall–Kier alpha value is 0. The molecule has 10 rings (SSSR count). The molecule has 52 heavy (non-hydrogen) atoms. The van der Waals surface area contributed by atoms with Gasteiger partial charge >= 0.3 is 0 Å². The molecule has 0 N–H and O–H groups in total. The highest BCUT2D eigenvalue weighted by Gasteiger charge is 2.62. The minimum atomic E-state index is 1.11. The topological polar surface area (TPSA) is 0 Å². The van der Waals surface area contributed by atoms with Crippen molar-refractivity contribution in [1.82, 2.24) is 0 Å². The van der Waals surface area contributed by atoms with Crippen LogP contribution in [0.1, 0.15) is 218 Å². The summed E-state index contributed by atoms with van der Waals surface area (Å²) in [6, 6.07) is 0. The zero-order chi connectivity index (χ0) is 34.4. The number of fused-ring (bicyclic) bond motifs is 4. The van der Waals surface area contributed by atoms with E-state index in [0.29, 0.717) is 0 Å². The Morgan fingerprint density at radius 3 is 0.769 bits per heavy atom. The minimum Gasteiger partial charge on any atom is -0.0533 e. The fourth-order valence-electron chi connectivity index (χ4n) is 19.6. The molecule has 0 aromatic carbocycles. The van der Waals surface area contributed by atoms with Crippen LogP contribution in [0.3, 0.4) is 0 Å². The summed E-state index contributed by atoms with van der Waals surface area (Å²) in [5, 5.41) is 0. The second-order valence-corrected chi connectivity index (χ2v) is 22.9. The quantitative estimate of drug-likeness (QED) is 0.266. The second-order valence-electron chi connectivity index (χ2n) is 22.9. The Balaban J connectivity index is 1.03. The van der Waals surface area contributed by atoms with Crippen LogP contribution in [0, 0.1) is 107 Å². The average Bonchev–Trinajstić information content (AvgIpc) is 3.23. The Kier molecular flexibility index (Phi) is 11.5.